The van der Waals surface area contributed by atoms with E-state index in [2.05, 4.69) is 4.90 Å². The molecule has 0 bridgehead atoms. The molecular formula is C25H28N2O3. The van der Waals surface area contributed by atoms with Gasteiger partial charge in [-0.2, -0.15) is 0 Å². The minimum Gasteiger partial charge on any atom is -0.489 e. The van der Waals surface area contributed by atoms with Gasteiger partial charge in [0.1, 0.15) is 11.4 Å². The van der Waals surface area contributed by atoms with Gasteiger partial charge in [0.15, 0.2) is 0 Å². The number of para-hydroxylation sites is 2. The van der Waals surface area contributed by atoms with Crippen LogP contribution in [0.5, 0.6) is 5.75 Å². The fourth-order valence-corrected chi connectivity index (χ4v) is 4.12. The van der Waals surface area contributed by atoms with E-state index in [0.29, 0.717) is 22.7 Å². The van der Waals surface area contributed by atoms with Crippen molar-refractivity contribution in [1.29, 1.82) is 0 Å². The van der Waals surface area contributed by atoms with Crippen molar-refractivity contribution >= 4 is 23.1 Å². The highest BCUT2D eigenvalue weighted by Gasteiger charge is 2.44. The van der Waals surface area contributed by atoms with Crippen LogP contribution in [0.1, 0.15) is 43.4 Å². The van der Waals surface area contributed by atoms with Crippen molar-refractivity contribution in [1.82, 2.24) is 4.90 Å². The van der Waals surface area contributed by atoms with Gasteiger partial charge in [-0.15, -0.1) is 0 Å². The zero-order valence-electron chi connectivity index (χ0n) is 18.1. The van der Waals surface area contributed by atoms with Crippen LogP contribution in [0.3, 0.4) is 0 Å². The summed E-state index contributed by atoms with van der Waals surface area (Å²) in [5, 5.41) is 0. The van der Waals surface area contributed by atoms with Crippen molar-refractivity contribution in [3.05, 3.63) is 64.9 Å². The van der Waals surface area contributed by atoms with Crippen LogP contribution in [-0.2, 0) is 9.59 Å². The average molecular weight is 405 g/mol. The molecule has 0 aromatic heterocycles. The Bertz CT molecular complexity index is 1030. The third-order valence-electron chi connectivity index (χ3n) is 5.75. The van der Waals surface area contributed by atoms with Crippen LogP contribution in [0.25, 0.3) is 5.57 Å². The molecule has 0 saturated carbocycles. The molecule has 2 aromatic carbocycles. The predicted octanol–water partition coefficient (Wildman–Crippen LogP) is 4.47. The molecular weight excluding hydrogens is 376 g/mol. The van der Waals surface area contributed by atoms with E-state index in [9.17, 15) is 9.59 Å². The van der Waals surface area contributed by atoms with Crippen molar-refractivity contribution in [2.24, 2.45) is 0 Å². The molecule has 2 aliphatic heterocycles. The smallest absolute Gasteiger partial charge is 0.282 e. The van der Waals surface area contributed by atoms with Gasteiger partial charge in [0.25, 0.3) is 11.8 Å². The van der Waals surface area contributed by atoms with E-state index in [1.54, 1.807) is 12.1 Å². The average Bonchev–Trinajstić information content (AvgIpc) is 3.31. The number of amides is 2. The number of carbonyl (C=O) groups is 2. The number of benzene rings is 2. The molecule has 0 unspecified atom stereocenters. The highest BCUT2D eigenvalue weighted by Crippen LogP contribution is 2.39. The molecule has 0 aliphatic carbocycles. The summed E-state index contributed by atoms with van der Waals surface area (Å²) < 4.78 is 5.91. The quantitative estimate of drug-likeness (QED) is 0.690. The van der Waals surface area contributed by atoms with Gasteiger partial charge in [-0.1, -0.05) is 30.3 Å². The first-order valence-corrected chi connectivity index (χ1v) is 10.6. The van der Waals surface area contributed by atoms with Gasteiger partial charge >= 0.3 is 0 Å². The summed E-state index contributed by atoms with van der Waals surface area (Å²) >= 11 is 0. The fourth-order valence-electron chi connectivity index (χ4n) is 4.12. The normalized spacial score (nSPS) is 17.0. The molecule has 0 spiro atoms. The van der Waals surface area contributed by atoms with E-state index in [-0.39, 0.29) is 17.9 Å². The fraction of sp³-hybridized carbons (Fsp3) is 0.360. The monoisotopic (exact) mass is 404 g/mol. The number of ether oxygens (including phenoxy) is 1. The number of imide groups is 1. The number of hydrogen-bond acceptors (Lipinski definition) is 4. The standard InChI is InChI=1S/C25H28N2O3/c1-16(2)30-21-10-6-5-9-20(21)27-24(28)22(19-12-11-17(3)18(4)15-19)23(25(27)29)26-13-7-8-14-26/h5-6,9-12,15-16H,7-8,13-14H2,1-4H3. The Labute approximate surface area is 177 Å². The van der Waals surface area contributed by atoms with Gasteiger partial charge in [0.2, 0.25) is 0 Å². The Morgan fingerprint density at radius 2 is 1.60 bits per heavy atom. The van der Waals surface area contributed by atoms with Crippen LogP contribution < -0.4 is 9.64 Å². The maximum atomic E-state index is 13.7. The highest BCUT2D eigenvalue weighted by atomic mass is 16.5. The molecule has 0 atom stereocenters. The summed E-state index contributed by atoms with van der Waals surface area (Å²) in [5.41, 5.74) is 4.55. The zero-order chi connectivity index (χ0) is 21.4. The van der Waals surface area contributed by atoms with Crippen molar-refractivity contribution in [3.63, 3.8) is 0 Å². The minimum atomic E-state index is -0.287. The van der Waals surface area contributed by atoms with E-state index in [4.69, 9.17) is 4.74 Å². The van der Waals surface area contributed by atoms with Crippen molar-refractivity contribution in [2.75, 3.05) is 18.0 Å². The summed E-state index contributed by atoms with van der Waals surface area (Å²) in [4.78, 5) is 30.7. The third-order valence-corrected chi connectivity index (χ3v) is 5.75. The van der Waals surface area contributed by atoms with E-state index in [0.717, 1.165) is 42.6 Å². The number of anilines is 1. The highest BCUT2D eigenvalue weighted by molar-refractivity contribution is 6.45. The Morgan fingerprint density at radius 1 is 0.900 bits per heavy atom. The molecule has 30 heavy (non-hydrogen) atoms. The summed E-state index contributed by atoms with van der Waals surface area (Å²) in [5.74, 6) is -0.0174. The minimum absolute atomic E-state index is 0.0656. The van der Waals surface area contributed by atoms with Crippen molar-refractivity contribution in [2.45, 2.75) is 46.6 Å². The van der Waals surface area contributed by atoms with E-state index < -0.39 is 0 Å². The molecule has 2 heterocycles. The Kier molecular flexibility index (Phi) is 5.37. The largest absolute Gasteiger partial charge is 0.489 e. The second-order valence-electron chi connectivity index (χ2n) is 8.30. The van der Waals surface area contributed by atoms with Crippen LogP contribution in [0, 0.1) is 13.8 Å². The van der Waals surface area contributed by atoms with Gasteiger partial charge in [0.05, 0.1) is 17.4 Å². The Morgan fingerprint density at radius 3 is 2.27 bits per heavy atom. The van der Waals surface area contributed by atoms with E-state index >= 15 is 0 Å². The Hall–Kier alpha value is -3.08. The second-order valence-corrected chi connectivity index (χ2v) is 8.30. The molecule has 5 nitrogen and oxygen atoms in total. The van der Waals surface area contributed by atoms with Gasteiger partial charge in [-0.05, 0) is 69.4 Å². The Balaban J connectivity index is 1.84. The first-order chi connectivity index (χ1) is 14.4. The summed E-state index contributed by atoms with van der Waals surface area (Å²) in [7, 11) is 0. The van der Waals surface area contributed by atoms with Crippen LogP contribution in [0.4, 0.5) is 5.69 Å². The summed E-state index contributed by atoms with van der Waals surface area (Å²) in [6.45, 7) is 9.51. The van der Waals surface area contributed by atoms with Crippen molar-refractivity contribution in [3.8, 4) is 5.75 Å². The lowest BCUT2D eigenvalue weighted by Gasteiger charge is -2.22. The molecule has 2 aromatic rings. The molecule has 0 radical (unpaired) electrons. The second kappa shape index (κ2) is 7.98. The van der Waals surface area contributed by atoms with Crippen LogP contribution in [-0.4, -0.2) is 35.9 Å². The first-order valence-electron chi connectivity index (χ1n) is 10.6. The number of hydrogen-bond donors (Lipinski definition) is 0. The van der Waals surface area contributed by atoms with Gasteiger partial charge < -0.3 is 9.64 Å². The molecule has 2 amide bonds. The molecule has 156 valence electrons. The van der Waals surface area contributed by atoms with Gasteiger partial charge in [-0.25, -0.2) is 4.90 Å². The zero-order valence-corrected chi connectivity index (χ0v) is 18.1. The topological polar surface area (TPSA) is 49.9 Å². The van der Waals surface area contributed by atoms with Crippen molar-refractivity contribution < 1.29 is 14.3 Å². The maximum Gasteiger partial charge on any atom is 0.282 e. The predicted molar refractivity (Wildman–Crippen MR) is 118 cm³/mol. The number of aryl methyl sites for hydroxylation is 2. The molecule has 1 fully saturated rings. The number of rotatable bonds is 5. The van der Waals surface area contributed by atoms with Crippen LogP contribution in [0.2, 0.25) is 0 Å². The molecule has 2 aliphatic rings. The van der Waals surface area contributed by atoms with Crippen LogP contribution in [0.15, 0.2) is 48.2 Å². The molecule has 4 rings (SSSR count). The maximum absolute atomic E-state index is 13.7. The van der Waals surface area contributed by atoms with Gasteiger partial charge in [0, 0.05) is 13.1 Å². The third kappa shape index (κ3) is 3.49. The summed E-state index contributed by atoms with van der Waals surface area (Å²) in [6, 6.07) is 13.2. The molecule has 5 heteroatoms. The van der Waals surface area contributed by atoms with Gasteiger partial charge in [-0.3, -0.25) is 9.59 Å². The summed E-state index contributed by atoms with van der Waals surface area (Å²) in [6.07, 6.45) is 1.99. The number of likely N-dealkylation sites (tertiary alicyclic amines) is 1. The van der Waals surface area contributed by atoms with Crippen LogP contribution >= 0.6 is 0 Å². The number of nitrogens with zero attached hydrogens (tertiary/aromatic N) is 2. The lowest BCUT2D eigenvalue weighted by Crippen LogP contribution is -2.35. The number of carbonyl (C=O) groups excluding carboxylic acids is 2. The first kappa shape index (κ1) is 20.2. The molecule has 0 N–H and O–H groups in total. The van der Waals surface area contributed by atoms with E-state index in [1.165, 1.54) is 4.90 Å². The molecule has 1 saturated heterocycles. The lowest BCUT2D eigenvalue weighted by atomic mass is 9.99. The lowest BCUT2D eigenvalue weighted by molar-refractivity contribution is -0.120. The SMILES string of the molecule is Cc1ccc(C2=C(N3CCCC3)C(=O)N(c3ccccc3OC(C)C)C2=O)cc1C. The van der Waals surface area contributed by atoms with E-state index in [1.807, 2.05) is 58.0 Å².